The fourth-order valence-electron chi connectivity index (χ4n) is 1.99. The van der Waals surface area contributed by atoms with Crippen molar-refractivity contribution in [1.29, 1.82) is 0 Å². The number of hydrogen-bond donors (Lipinski definition) is 1. The Labute approximate surface area is 124 Å². The molecule has 0 amide bonds. The average molecular weight is 288 g/mol. The molecular formula is C16H20N2OS. The number of pyridine rings is 1. The van der Waals surface area contributed by atoms with Crippen molar-refractivity contribution in [3.63, 3.8) is 0 Å². The minimum Gasteiger partial charge on any atom is -0.439 e. The third-order valence-electron chi connectivity index (χ3n) is 3.05. The van der Waals surface area contributed by atoms with Gasteiger partial charge in [-0.05, 0) is 50.1 Å². The van der Waals surface area contributed by atoms with E-state index in [0.29, 0.717) is 5.88 Å². The third kappa shape index (κ3) is 3.74. The minimum atomic E-state index is 0.217. The Morgan fingerprint density at radius 1 is 1.25 bits per heavy atom. The maximum absolute atomic E-state index is 5.92. The van der Waals surface area contributed by atoms with Crippen LogP contribution in [0.4, 0.5) is 0 Å². The number of benzene rings is 1. The zero-order valence-electron chi connectivity index (χ0n) is 12.1. The van der Waals surface area contributed by atoms with Gasteiger partial charge < -0.3 is 10.1 Å². The summed E-state index contributed by atoms with van der Waals surface area (Å²) < 4.78 is 5.92. The standard InChI is InChI=1S/C16H20N2OS/c1-4-17-12(2)15-6-5-11-18-16(15)19-13-7-9-14(20-3)10-8-13/h5-12,17H,4H2,1-3H3. The van der Waals surface area contributed by atoms with Crippen LogP contribution in [0.5, 0.6) is 11.6 Å². The van der Waals surface area contributed by atoms with E-state index in [1.165, 1.54) is 4.90 Å². The first-order valence-electron chi connectivity index (χ1n) is 6.74. The zero-order chi connectivity index (χ0) is 14.4. The molecule has 1 unspecified atom stereocenters. The molecule has 4 heteroatoms. The molecular weight excluding hydrogens is 268 g/mol. The molecule has 2 rings (SSSR count). The third-order valence-corrected chi connectivity index (χ3v) is 3.79. The molecule has 1 heterocycles. The Morgan fingerprint density at radius 2 is 2.00 bits per heavy atom. The Morgan fingerprint density at radius 3 is 2.65 bits per heavy atom. The Hall–Kier alpha value is -1.52. The highest BCUT2D eigenvalue weighted by atomic mass is 32.2. The van der Waals surface area contributed by atoms with E-state index in [9.17, 15) is 0 Å². The van der Waals surface area contributed by atoms with Crippen LogP contribution >= 0.6 is 11.8 Å². The molecule has 0 radical (unpaired) electrons. The first kappa shape index (κ1) is 14.9. The van der Waals surface area contributed by atoms with E-state index in [-0.39, 0.29) is 6.04 Å². The van der Waals surface area contributed by atoms with Crippen LogP contribution < -0.4 is 10.1 Å². The summed E-state index contributed by atoms with van der Waals surface area (Å²) in [7, 11) is 0. The molecule has 0 aliphatic heterocycles. The highest BCUT2D eigenvalue weighted by molar-refractivity contribution is 7.98. The number of ether oxygens (including phenoxy) is 1. The van der Waals surface area contributed by atoms with Crippen molar-refractivity contribution in [2.75, 3.05) is 12.8 Å². The lowest BCUT2D eigenvalue weighted by Gasteiger charge is -2.16. The highest BCUT2D eigenvalue weighted by Crippen LogP contribution is 2.28. The lowest BCUT2D eigenvalue weighted by atomic mass is 10.1. The Kier molecular flexibility index (Phi) is 5.44. The molecule has 2 aromatic rings. The molecule has 1 N–H and O–H groups in total. The van der Waals surface area contributed by atoms with Gasteiger partial charge in [0.05, 0.1) is 0 Å². The molecule has 1 aromatic heterocycles. The second kappa shape index (κ2) is 7.31. The molecule has 0 aliphatic rings. The average Bonchev–Trinajstić information content (AvgIpc) is 2.49. The quantitative estimate of drug-likeness (QED) is 0.805. The maximum atomic E-state index is 5.92. The summed E-state index contributed by atoms with van der Waals surface area (Å²) >= 11 is 1.72. The lowest BCUT2D eigenvalue weighted by Crippen LogP contribution is -2.18. The van der Waals surface area contributed by atoms with Gasteiger partial charge in [0.2, 0.25) is 5.88 Å². The van der Waals surface area contributed by atoms with Gasteiger partial charge in [0.1, 0.15) is 5.75 Å². The largest absolute Gasteiger partial charge is 0.439 e. The summed E-state index contributed by atoms with van der Waals surface area (Å²) in [5, 5.41) is 3.38. The van der Waals surface area contributed by atoms with E-state index in [1.807, 2.05) is 24.3 Å². The van der Waals surface area contributed by atoms with Gasteiger partial charge in [-0.1, -0.05) is 13.0 Å². The van der Waals surface area contributed by atoms with E-state index in [1.54, 1.807) is 18.0 Å². The number of rotatable bonds is 6. The minimum absolute atomic E-state index is 0.217. The molecule has 0 bridgehead atoms. The summed E-state index contributed by atoms with van der Waals surface area (Å²) in [6.07, 6.45) is 3.82. The number of hydrogen-bond acceptors (Lipinski definition) is 4. The Bertz CT molecular complexity index is 542. The fraction of sp³-hybridized carbons (Fsp3) is 0.312. The molecule has 3 nitrogen and oxygen atoms in total. The topological polar surface area (TPSA) is 34.2 Å². The lowest BCUT2D eigenvalue weighted by molar-refractivity contribution is 0.444. The summed E-state index contributed by atoms with van der Waals surface area (Å²) in [6.45, 7) is 5.12. The second-order valence-electron chi connectivity index (χ2n) is 4.45. The predicted octanol–water partition coefficient (Wildman–Crippen LogP) is 4.27. The van der Waals surface area contributed by atoms with Crippen molar-refractivity contribution in [1.82, 2.24) is 10.3 Å². The number of thioether (sulfide) groups is 1. The van der Waals surface area contributed by atoms with Gasteiger partial charge in [0, 0.05) is 22.7 Å². The van der Waals surface area contributed by atoms with Crippen LogP contribution in [0.25, 0.3) is 0 Å². The van der Waals surface area contributed by atoms with Crippen molar-refractivity contribution in [3.8, 4) is 11.6 Å². The van der Waals surface area contributed by atoms with E-state index < -0.39 is 0 Å². The highest BCUT2D eigenvalue weighted by Gasteiger charge is 2.12. The molecule has 1 atom stereocenters. The first-order chi connectivity index (χ1) is 9.74. The van der Waals surface area contributed by atoms with Gasteiger partial charge in [-0.2, -0.15) is 0 Å². The van der Waals surface area contributed by atoms with Gasteiger partial charge in [0.15, 0.2) is 0 Å². The van der Waals surface area contributed by atoms with Crippen LogP contribution in [-0.2, 0) is 0 Å². The Balaban J connectivity index is 2.19. The van der Waals surface area contributed by atoms with Crippen molar-refractivity contribution < 1.29 is 4.74 Å². The number of nitrogens with zero attached hydrogens (tertiary/aromatic N) is 1. The number of nitrogens with one attached hydrogen (secondary N) is 1. The SMILES string of the molecule is CCNC(C)c1cccnc1Oc1ccc(SC)cc1. The van der Waals surface area contributed by atoms with Gasteiger partial charge in [-0.15, -0.1) is 11.8 Å². The molecule has 106 valence electrons. The predicted molar refractivity (Wildman–Crippen MR) is 84.6 cm³/mol. The molecule has 20 heavy (non-hydrogen) atoms. The van der Waals surface area contributed by atoms with Gasteiger partial charge >= 0.3 is 0 Å². The first-order valence-corrected chi connectivity index (χ1v) is 7.97. The summed E-state index contributed by atoms with van der Waals surface area (Å²) in [4.78, 5) is 5.57. The van der Waals surface area contributed by atoms with Crippen LogP contribution in [0.15, 0.2) is 47.5 Å². The fourth-order valence-corrected chi connectivity index (χ4v) is 2.40. The number of aromatic nitrogens is 1. The monoisotopic (exact) mass is 288 g/mol. The van der Waals surface area contributed by atoms with Crippen molar-refractivity contribution in [3.05, 3.63) is 48.2 Å². The van der Waals surface area contributed by atoms with Crippen LogP contribution in [0.2, 0.25) is 0 Å². The molecule has 0 saturated carbocycles. The summed E-state index contributed by atoms with van der Waals surface area (Å²) in [5.74, 6) is 1.48. The normalized spacial score (nSPS) is 12.2. The van der Waals surface area contributed by atoms with E-state index >= 15 is 0 Å². The van der Waals surface area contributed by atoms with Crippen molar-refractivity contribution >= 4 is 11.8 Å². The second-order valence-corrected chi connectivity index (χ2v) is 5.33. The van der Waals surface area contributed by atoms with E-state index in [2.05, 4.69) is 42.5 Å². The van der Waals surface area contributed by atoms with Crippen molar-refractivity contribution in [2.24, 2.45) is 0 Å². The van der Waals surface area contributed by atoms with Crippen LogP contribution in [-0.4, -0.2) is 17.8 Å². The van der Waals surface area contributed by atoms with Gasteiger partial charge in [-0.25, -0.2) is 4.98 Å². The van der Waals surface area contributed by atoms with Crippen molar-refractivity contribution in [2.45, 2.75) is 24.8 Å². The maximum Gasteiger partial charge on any atom is 0.223 e. The van der Waals surface area contributed by atoms with Crippen LogP contribution in [0.3, 0.4) is 0 Å². The van der Waals surface area contributed by atoms with Crippen LogP contribution in [0.1, 0.15) is 25.5 Å². The van der Waals surface area contributed by atoms with E-state index in [4.69, 9.17) is 4.74 Å². The molecule has 0 saturated heterocycles. The van der Waals surface area contributed by atoms with Crippen LogP contribution in [0, 0.1) is 0 Å². The molecule has 0 fully saturated rings. The van der Waals surface area contributed by atoms with Gasteiger partial charge in [-0.3, -0.25) is 0 Å². The smallest absolute Gasteiger partial charge is 0.223 e. The molecule has 0 spiro atoms. The summed E-state index contributed by atoms with van der Waals surface area (Å²) in [5.41, 5.74) is 1.07. The zero-order valence-corrected chi connectivity index (χ0v) is 12.9. The molecule has 1 aromatic carbocycles. The van der Waals surface area contributed by atoms with E-state index in [0.717, 1.165) is 17.9 Å². The van der Waals surface area contributed by atoms with Gasteiger partial charge in [0.25, 0.3) is 0 Å². The molecule has 0 aliphatic carbocycles. The summed E-state index contributed by atoms with van der Waals surface area (Å²) in [6, 6.07) is 12.3.